The first kappa shape index (κ1) is 18.0. The number of hydrogen-bond donors (Lipinski definition) is 1. The van der Waals surface area contributed by atoms with Gasteiger partial charge in [0, 0.05) is 13.2 Å². The molecule has 1 atom stereocenters. The van der Waals surface area contributed by atoms with Crippen LogP contribution < -0.4 is 5.73 Å². The SMILES string of the molecule is COCC(N)CCCc1cc(C(C)C)cc(C(F)(F)F)c1. The van der Waals surface area contributed by atoms with E-state index in [2.05, 4.69) is 0 Å². The van der Waals surface area contributed by atoms with Crippen molar-refractivity contribution < 1.29 is 17.9 Å². The van der Waals surface area contributed by atoms with Crippen molar-refractivity contribution >= 4 is 0 Å². The first-order chi connectivity index (χ1) is 9.74. The van der Waals surface area contributed by atoms with Gasteiger partial charge in [-0.05, 0) is 48.4 Å². The molecule has 0 heterocycles. The second-order valence-corrected chi connectivity index (χ2v) is 5.72. The molecule has 0 aliphatic rings. The van der Waals surface area contributed by atoms with Crippen LogP contribution in [-0.2, 0) is 17.3 Å². The molecule has 1 rings (SSSR count). The summed E-state index contributed by atoms with van der Waals surface area (Å²) in [5.41, 5.74) is 6.70. The number of halogens is 3. The Hall–Kier alpha value is -1.07. The average Bonchev–Trinajstić information content (AvgIpc) is 2.37. The molecule has 0 spiro atoms. The van der Waals surface area contributed by atoms with Gasteiger partial charge in [0.1, 0.15) is 0 Å². The largest absolute Gasteiger partial charge is 0.416 e. The summed E-state index contributed by atoms with van der Waals surface area (Å²) in [6, 6.07) is 4.28. The van der Waals surface area contributed by atoms with Gasteiger partial charge in [0.15, 0.2) is 0 Å². The minimum atomic E-state index is -4.30. The van der Waals surface area contributed by atoms with E-state index in [0.29, 0.717) is 13.0 Å². The zero-order chi connectivity index (χ0) is 16.0. The van der Waals surface area contributed by atoms with E-state index in [1.54, 1.807) is 7.11 Å². The van der Waals surface area contributed by atoms with Gasteiger partial charge in [-0.15, -0.1) is 0 Å². The fraction of sp³-hybridized carbons (Fsp3) is 0.625. The van der Waals surface area contributed by atoms with Crippen molar-refractivity contribution in [3.05, 3.63) is 34.9 Å². The zero-order valence-corrected chi connectivity index (χ0v) is 12.8. The highest BCUT2D eigenvalue weighted by molar-refractivity contribution is 5.33. The van der Waals surface area contributed by atoms with E-state index in [4.69, 9.17) is 10.5 Å². The third-order valence-electron chi connectivity index (χ3n) is 3.43. The van der Waals surface area contributed by atoms with Crippen molar-refractivity contribution in [1.82, 2.24) is 0 Å². The number of rotatable bonds is 7. The van der Waals surface area contributed by atoms with Crippen LogP contribution in [0.5, 0.6) is 0 Å². The first-order valence-corrected chi connectivity index (χ1v) is 7.19. The molecular weight excluding hydrogens is 279 g/mol. The van der Waals surface area contributed by atoms with Gasteiger partial charge >= 0.3 is 6.18 Å². The van der Waals surface area contributed by atoms with Crippen LogP contribution in [0.25, 0.3) is 0 Å². The minimum Gasteiger partial charge on any atom is -0.383 e. The van der Waals surface area contributed by atoms with E-state index in [0.717, 1.165) is 24.0 Å². The molecule has 21 heavy (non-hydrogen) atoms. The molecule has 0 aliphatic heterocycles. The van der Waals surface area contributed by atoms with Crippen molar-refractivity contribution in [2.75, 3.05) is 13.7 Å². The molecule has 0 bridgehead atoms. The maximum absolute atomic E-state index is 12.9. The fourth-order valence-corrected chi connectivity index (χ4v) is 2.23. The number of methoxy groups -OCH3 is 1. The van der Waals surface area contributed by atoms with E-state index in [1.165, 1.54) is 12.1 Å². The lowest BCUT2D eigenvalue weighted by atomic mass is 9.95. The van der Waals surface area contributed by atoms with Crippen molar-refractivity contribution in [1.29, 1.82) is 0 Å². The number of hydrogen-bond acceptors (Lipinski definition) is 2. The van der Waals surface area contributed by atoms with Crippen LogP contribution in [0.4, 0.5) is 13.2 Å². The lowest BCUT2D eigenvalue weighted by molar-refractivity contribution is -0.137. The standard InChI is InChI=1S/C16H24F3NO/c1-11(2)13-7-12(5-4-6-15(20)10-21-3)8-14(9-13)16(17,18)19/h7-9,11,15H,4-6,10,20H2,1-3H3. The molecule has 2 nitrogen and oxygen atoms in total. The second-order valence-electron chi connectivity index (χ2n) is 5.72. The smallest absolute Gasteiger partial charge is 0.383 e. The fourth-order valence-electron chi connectivity index (χ4n) is 2.23. The summed E-state index contributed by atoms with van der Waals surface area (Å²) in [7, 11) is 1.58. The molecular formula is C16H24F3NO. The topological polar surface area (TPSA) is 35.2 Å². The summed E-state index contributed by atoms with van der Waals surface area (Å²) in [5.74, 6) is 0.0711. The van der Waals surface area contributed by atoms with E-state index < -0.39 is 11.7 Å². The van der Waals surface area contributed by atoms with Gasteiger partial charge in [-0.2, -0.15) is 13.2 Å². The first-order valence-electron chi connectivity index (χ1n) is 7.19. The van der Waals surface area contributed by atoms with Crippen LogP contribution in [0, 0.1) is 0 Å². The van der Waals surface area contributed by atoms with Crippen molar-refractivity contribution in [2.45, 2.75) is 51.2 Å². The summed E-state index contributed by atoms with van der Waals surface area (Å²) in [6.07, 6.45) is -2.21. The normalized spacial score (nSPS) is 13.7. The predicted molar refractivity (Wildman–Crippen MR) is 78.3 cm³/mol. The van der Waals surface area contributed by atoms with Gasteiger partial charge in [0.2, 0.25) is 0 Å². The second kappa shape index (κ2) is 7.80. The molecule has 1 aromatic carbocycles. The van der Waals surface area contributed by atoms with Gasteiger partial charge in [0.05, 0.1) is 12.2 Å². The van der Waals surface area contributed by atoms with Crippen LogP contribution in [0.2, 0.25) is 0 Å². The number of benzene rings is 1. The van der Waals surface area contributed by atoms with E-state index in [9.17, 15) is 13.2 Å². The lowest BCUT2D eigenvalue weighted by Gasteiger charge is -2.15. The molecule has 2 N–H and O–H groups in total. The van der Waals surface area contributed by atoms with Crippen LogP contribution in [0.15, 0.2) is 18.2 Å². The molecule has 120 valence electrons. The van der Waals surface area contributed by atoms with Gasteiger partial charge in [-0.25, -0.2) is 0 Å². The maximum Gasteiger partial charge on any atom is 0.416 e. The molecule has 0 saturated heterocycles. The quantitative estimate of drug-likeness (QED) is 0.822. The Morgan fingerprint density at radius 2 is 1.86 bits per heavy atom. The molecule has 0 aromatic heterocycles. The number of aryl methyl sites for hydroxylation is 1. The zero-order valence-electron chi connectivity index (χ0n) is 12.8. The Balaban J connectivity index is 2.79. The summed E-state index contributed by atoms with van der Waals surface area (Å²) in [4.78, 5) is 0. The lowest BCUT2D eigenvalue weighted by Crippen LogP contribution is -2.25. The maximum atomic E-state index is 12.9. The monoisotopic (exact) mass is 303 g/mol. The highest BCUT2D eigenvalue weighted by Gasteiger charge is 2.31. The molecule has 0 amide bonds. The Morgan fingerprint density at radius 3 is 2.38 bits per heavy atom. The van der Waals surface area contributed by atoms with Crippen LogP contribution in [0.3, 0.4) is 0 Å². The van der Waals surface area contributed by atoms with Crippen LogP contribution >= 0.6 is 0 Å². The van der Waals surface area contributed by atoms with E-state index in [-0.39, 0.29) is 12.0 Å². The Morgan fingerprint density at radius 1 is 1.19 bits per heavy atom. The van der Waals surface area contributed by atoms with Crippen molar-refractivity contribution in [2.24, 2.45) is 5.73 Å². The molecule has 1 aromatic rings. The van der Waals surface area contributed by atoms with Gasteiger partial charge in [0.25, 0.3) is 0 Å². The van der Waals surface area contributed by atoms with E-state index >= 15 is 0 Å². The van der Waals surface area contributed by atoms with Crippen LogP contribution in [0.1, 0.15) is 49.3 Å². The third-order valence-corrected chi connectivity index (χ3v) is 3.43. The Labute approximate surface area is 124 Å². The molecule has 0 aliphatic carbocycles. The van der Waals surface area contributed by atoms with Gasteiger partial charge < -0.3 is 10.5 Å². The Kier molecular flexibility index (Phi) is 6.68. The molecule has 5 heteroatoms. The Bertz CT molecular complexity index is 444. The summed E-state index contributed by atoms with van der Waals surface area (Å²) in [5, 5.41) is 0. The number of alkyl halides is 3. The summed E-state index contributed by atoms with van der Waals surface area (Å²) in [6.45, 7) is 4.27. The highest BCUT2D eigenvalue weighted by atomic mass is 19.4. The van der Waals surface area contributed by atoms with Crippen LogP contribution in [-0.4, -0.2) is 19.8 Å². The van der Waals surface area contributed by atoms with Crippen molar-refractivity contribution in [3.8, 4) is 0 Å². The summed E-state index contributed by atoms with van der Waals surface area (Å²) < 4.78 is 43.7. The summed E-state index contributed by atoms with van der Waals surface area (Å²) >= 11 is 0. The van der Waals surface area contributed by atoms with Gasteiger partial charge in [-0.1, -0.05) is 19.9 Å². The predicted octanol–water partition coefficient (Wildman–Crippen LogP) is 4.13. The minimum absolute atomic E-state index is 0.0645. The third kappa shape index (κ3) is 6.06. The average molecular weight is 303 g/mol. The van der Waals surface area contributed by atoms with Gasteiger partial charge in [-0.3, -0.25) is 0 Å². The molecule has 0 saturated carbocycles. The molecule has 1 unspecified atom stereocenters. The van der Waals surface area contributed by atoms with Crippen molar-refractivity contribution in [3.63, 3.8) is 0 Å². The number of ether oxygens (including phenoxy) is 1. The number of nitrogens with two attached hydrogens (primary N) is 1. The highest BCUT2D eigenvalue weighted by Crippen LogP contribution is 2.32. The van der Waals surface area contributed by atoms with E-state index in [1.807, 2.05) is 19.9 Å². The molecule has 0 radical (unpaired) electrons. The molecule has 0 fully saturated rings.